The number of carbonyl (C=O) groups is 4. The smallest absolute Gasteiger partial charge is 0.321 e. The first-order chi connectivity index (χ1) is 14.6. The van der Waals surface area contributed by atoms with Gasteiger partial charge >= 0.3 is 17.9 Å². The van der Waals surface area contributed by atoms with Gasteiger partial charge in [-0.1, -0.05) is 13.8 Å². The normalized spacial score (nSPS) is 19.8. The Hall–Kier alpha value is -2.28. The van der Waals surface area contributed by atoms with E-state index in [1.165, 1.54) is 0 Å². The molecule has 1 aliphatic rings. The Bertz CT molecular complexity index is 603. The Morgan fingerprint density at radius 1 is 0.806 bits per heavy atom. The molecule has 3 N–H and O–H groups in total. The van der Waals surface area contributed by atoms with Crippen LogP contribution >= 0.6 is 0 Å². The number of aliphatic carboxylic acids is 3. The molecule has 12 nitrogen and oxygen atoms in total. The molecule has 1 fully saturated rings. The van der Waals surface area contributed by atoms with Gasteiger partial charge in [-0.15, -0.1) is 0 Å². The molecule has 0 aromatic rings. The number of hydrogen-bond donors (Lipinski definition) is 3. The summed E-state index contributed by atoms with van der Waals surface area (Å²) in [5.74, 6) is -3.10. The van der Waals surface area contributed by atoms with E-state index in [-0.39, 0.29) is 25.7 Å². The maximum absolute atomic E-state index is 11.9. The molecule has 0 amide bonds. The van der Waals surface area contributed by atoms with Crippen molar-refractivity contribution in [2.24, 2.45) is 5.92 Å². The van der Waals surface area contributed by atoms with Gasteiger partial charge in [0.25, 0.3) is 6.47 Å². The first kappa shape index (κ1) is 26.8. The van der Waals surface area contributed by atoms with E-state index < -0.39 is 23.9 Å². The summed E-state index contributed by atoms with van der Waals surface area (Å²) in [4.78, 5) is 52.0. The molecule has 0 spiro atoms. The molecule has 0 saturated carbocycles. The number of hydrogen-bond acceptors (Lipinski definition) is 9. The Morgan fingerprint density at radius 2 is 1.23 bits per heavy atom. The lowest BCUT2D eigenvalue weighted by atomic mass is 10.0. The third-order valence-corrected chi connectivity index (χ3v) is 5.19. The van der Waals surface area contributed by atoms with Crippen LogP contribution in [0.5, 0.6) is 0 Å². The van der Waals surface area contributed by atoms with Crippen molar-refractivity contribution in [2.75, 3.05) is 72.2 Å². The van der Waals surface area contributed by atoms with E-state index in [9.17, 15) is 34.5 Å². The van der Waals surface area contributed by atoms with E-state index in [0.717, 1.165) is 0 Å². The molecular weight excluding hydrogens is 412 g/mol. The summed E-state index contributed by atoms with van der Waals surface area (Å²) in [6.07, 6.45) is 0. The molecule has 0 unspecified atom stereocenters. The molecule has 0 radical (unpaired) electrons. The summed E-state index contributed by atoms with van der Waals surface area (Å²) in [6, 6.07) is -0.744. The Labute approximate surface area is 181 Å². The second kappa shape index (κ2) is 13.9. The molecule has 1 atom stereocenters. The molecular formula is C19H34N4O8. The largest absolute Gasteiger partial charge is 0.480 e. The fourth-order valence-electron chi connectivity index (χ4n) is 3.66. The summed E-state index contributed by atoms with van der Waals surface area (Å²) in [5, 5.41) is 28.1. The van der Waals surface area contributed by atoms with Crippen LogP contribution in [0.3, 0.4) is 0 Å². The fourth-order valence-corrected chi connectivity index (χ4v) is 3.66. The molecule has 1 saturated heterocycles. The summed E-state index contributed by atoms with van der Waals surface area (Å²) in [7, 11) is 0. The van der Waals surface area contributed by atoms with Gasteiger partial charge in [0.05, 0.1) is 13.1 Å². The average Bonchev–Trinajstić information content (AvgIpc) is 2.65. The van der Waals surface area contributed by atoms with Crippen molar-refractivity contribution in [3.63, 3.8) is 0 Å². The average molecular weight is 447 g/mol. The van der Waals surface area contributed by atoms with E-state index in [1.54, 1.807) is 9.80 Å². The zero-order chi connectivity index (χ0) is 23.4. The molecule has 1 heterocycles. The van der Waals surface area contributed by atoms with Gasteiger partial charge in [0, 0.05) is 52.4 Å². The van der Waals surface area contributed by atoms with Crippen LogP contribution < -0.4 is 0 Å². The minimum atomic E-state index is -1.00. The summed E-state index contributed by atoms with van der Waals surface area (Å²) in [5.41, 5.74) is 0. The first-order valence-electron chi connectivity index (χ1n) is 10.3. The van der Waals surface area contributed by atoms with Crippen LogP contribution in [0, 0.1) is 5.92 Å². The Kier molecular flexibility index (Phi) is 12.0. The van der Waals surface area contributed by atoms with Crippen LogP contribution in [-0.2, 0) is 23.9 Å². The maximum Gasteiger partial charge on any atom is 0.321 e. The van der Waals surface area contributed by atoms with E-state index in [0.29, 0.717) is 58.8 Å². The highest BCUT2D eigenvalue weighted by molar-refractivity contribution is 5.73. The van der Waals surface area contributed by atoms with Crippen molar-refractivity contribution >= 4 is 24.4 Å². The van der Waals surface area contributed by atoms with Gasteiger partial charge in [-0.2, -0.15) is 0 Å². The van der Waals surface area contributed by atoms with Crippen LogP contribution in [0.1, 0.15) is 13.8 Å². The van der Waals surface area contributed by atoms with Gasteiger partial charge in [-0.3, -0.25) is 38.8 Å². The SMILES string of the molecule is CC(C)[C@@H](C(=O)O)N1CCN(COC=O)CCN(CC(=O)O)CCN(CC(=O)O)CC1. The van der Waals surface area contributed by atoms with Gasteiger partial charge in [0.2, 0.25) is 0 Å². The Balaban J connectivity index is 3.06. The first-order valence-corrected chi connectivity index (χ1v) is 10.3. The van der Waals surface area contributed by atoms with Crippen molar-refractivity contribution in [3.8, 4) is 0 Å². The van der Waals surface area contributed by atoms with E-state index >= 15 is 0 Å². The molecule has 0 aromatic heterocycles. The van der Waals surface area contributed by atoms with Crippen LogP contribution in [0.4, 0.5) is 0 Å². The summed E-state index contributed by atoms with van der Waals surface area (Å²) < 4.78 is 4.87. The van der Waals surface area contributed by atoms with E-state index in [2.05, 4.69) is 0 Å². The van der Waals surface area contributed by atoms with Crippen molar-refractivity contribution in [2.45, 2.75) is 19.9 Å². The molecule has 1 rings (SSSR count). The van der Waals surface area contributed by atoms with Crippen LogP contribution in [0.25, 0.3) is 0 Å². The molecule has 12 heteroatoms. The highest BCUT2D eigenvalue weighted by Crippen LogP contribution is 2.12. The standard InChI is InChI=1S/C19H34N4O8/c1-15(2)18(19(29)30)23-9-7-21(12-17(27)28)4-3-20(11-16(25)26)5-6-22(8-10-23)13-31-14-24/h14-15,18H,3-13H2,1-2H3,(H,25,26)(H,27,28)(H,29,30)/t18-/m0/s1. The Morgan fingerprint density at radius 3 is 1.61 bits per heavy atom. The highest BCUT2D eigenvalue weighted by atomic mass is 16.5. The minimum absolute atomic E-state index is 0.0167. The predicted molar refractivity (Wildman–Crippen MR) is 110 cm³/mol. The number of carbonyl (C=O) groups excluding carboxylic acids is 1. The van der Waals surface area contributed by atoms with Crippen molar-refractivity contribution < 1.29 is 39.2 Å². The van der Waals surface area contributed by atoms with Gasteiger partial charge in [0.15, 0.2) is 0 Å². The molecule has 31 heavy (non-hydrogen) atoms. The maximum atomic E-state index is 11.9. The van der Waals surface area contributed by atoms with Crippen LogP contribution in [0.2, 0.25) is 0 Å². The molecule has 1 aliphatic heterocycles. The monoisotopic (exact) mass is 446 g/mol. The topological polar surface area (TPSA) is 151 Å². The second-order valence-corrected chi connectivity index (χ2v) is 7.91. The summed E-state index contributed by atoms with van der Waals surface area (Å²) in [6.45, 7) is 6.49. The van der Waals surface area contributed by atoms with Gasteiger partial charge in [-0.05, 0) is 5.92 Å². The lowest BCUT2D eigenvalue weighted by Crippen LogP contribution is -2.52. The lowest BCUT2D eigenvalue weighted by molar-refractivity contribution is -0.146. The third kappa shape index (κ3) is 10.5. The minimum Gasteiger partial charge on any atom is -0.480 e. The van der Waals surface area contributed by atoms with Crippen molar-refractivity contribution in [1.29, 1.82) is 0 Å². The summed E-state index contributed by atoms with van der Waals surface area (Å²) >= 11 is 0. The molecule has 178 valence electrons. The van der Waals surface area contributed by atoms with Crippen LogP contribution in [0.15, 0.2) is 0 Å². The highest BCUT2D eigenvalue weighted by Gasteiger charge is 2.30. The fraction of sp³-hybridized carbons (Fsp3) is 0.789. The van der Waals surface area contributed by atoms with Crippen molar-refractivity contribution in [3.05, 3.63) is 0 Å². The number of rotatable bonds is 10. The predicted octanol–water partition coefficient (Wildman–Crippen LogP) is -1.38. The molecule has 0 aliphatic carbocycles. The van der Waals surface area contributed by atoms with Crippen molar-refractivity contribution in [1.82, 2.24) is 19.6 Å². The van der Waals surface area contributed by atoms with Gasteiger partial charge < -0.3 is 20.1 Å². The van der Waals surface area contributed by atoms with E-state index in [4.69, 9.17) is 4.74 Å². The molecule has 0 aromatic carbocycles. The van der Waals surface area contributed by atoms with E-state index in [1.807, 2.05) is 23.6 Å². The van der Waals surface area contributed by atoms with Gasteiger partial charge in [-0.25, -0.2) is 0 Å². The zero-order valence-corrected chi connectivity index (χ0v) is 18.2. The van der Waals surface area contributed by atoms with Crippen LogP contribution in [-0.4, -0.2) is 138 Å². The van der Waals surface area contributed by atoms with Gasteiger partial charge in [0.1, 0.15) is 12.8 Å². The zero-order valence-electron chi connectivity index (χ0n) is 18.2. The quantitative estimate of drug-likeness (QED) is 0.339. The lowest BCUT2D eigenvalue weighted by Gasteiger charge is -2.36. The number of carboxylic acid groups (broad SMARTS) is 3. The number of nitrogens with zero attached hydrogens (tertiary/aromatic N) is 4. The second-order valence-electron chi connectivity index (χ2n) is 7.91. The molecule has 0 bridgehead atoms. The third-order valence-electron chi connectivity index (χ3n) is 5.19. The number of carboxylic acids is 3. The number of ether oxygens (including phenoxy) is 1.